The van der Waals surface area contributed by atoms with E-state index >= 15 is 0 Å². The molecule has 1 aromatic heterocycles. The number of hydrogen-bond acceptors (Lipinski definition) is 2. The summed E-state index contributed by atoms with van der Waals surface area (Å²) in [6.07, 6.45) is 6.95. The zero-order valence-electron chi connectivity index (χ0n) is 10.2. The van der Waals surface area contributed by atoms with Gasteiger partial charge in [0.05, 0.1) is 12.0 Å². The highest BCUT2D eigenvalue weighted by Crippen LogP contribution is 2.15. The van der Waals surface area contributed by atoms with Crippen molar-refractivity contribution in [1.82, 2.24) is 9.55 Å². The monoisotopic (exact) mass is 229 g/mol. The summed E-state index contributed by atoms with van der Waals surface area (Å²) >= 11 is 0. The predicted molar refractivity (Wildman–Crippen MR) is 69.5 cm³/mol. The summed E-state index contributed by atoms with van der Waals surface area (Å²) in [5.41, 5.74) is 8.46. The number of imidazole rings is 1. The minimum atomic E-state index is 0.0555. The number of benzene rings is 1. The highest BCUT2D eigenvalue weighted by atomic mass is 15.0. The van der Waals surface area contributed by atoms with E-state index in [1.807, 2.05) is 23.9 Å². The summed E-state index contributed by atoms with van der Waals surface area (Å²) in [6.45, 7) is 0. The Morgan fingerprint density at radius 2 is 2.06 bits per heavy atom. The van der Waals surface area contributed by atoms with Gasteiger partial charge < -0.3 is 10.3 Å². The molecule has 0 saturated heterocycles. The molecule has 1 heterocycles. The molecule has 2 aromatic rings. The van der Waals surface area contributed by atoms with Crippen LogP contribution in [0.1, 0.15) is 30.1 Å². The Labute approximate surface area is 102 Å². The summed E-state index contributed by atoms with van der Waals surface area (Å²) in [6, 6.07) is 10.6. The van der Waals surface area contributed by atoms with E-state index in [1.54, 1.807) is 6.33 Å². The van der Waals surface area contributed by atoms with Crippen molar-refractivity contribution in [1.29, 1.82) is 0 Å². The van der Waals surface area contributed by atoms with Crippen LogP contribution in [0.5, 0.6) is 0 Å². The number of hydrogen-bond donors (Lipinski definition) is 1. The standard InChI is InChI=1S/C14H19N3/c1-17-10-14(16-11-17)13(15)9-5-8-12-6-3-2-4-7-12/h2-4,6-7,10-11,13H,5,8-9,15H2,1H3. The maximum absolute atomic E-state index is 6.10. The van der Waals surface area contributed by atoms with Crippen LogP contribution >= 0.6 is 0 Å². The van der Waals surface area contributed by atoms with Crippen molar-refractivity contribution in [2.75, 3.05) is 0 Å². The third-order valence-corrected chi connectivity index (χ3v) is 2.93. The highest BCUT2D eigenvalue weighted by Gasteiger charge is 2.08. The lowest BCUT2D eigenvalue weighted by Gasteiger charge is -2.08. The van der Waals surface area contributed by atoms with Crippen molar-refractivity contribution in [3.05, 3.63) is 54.1 Å². The molecule has 0 spiro atoms. The lowest BCUT2D eigenvalue weighted by Crippen LogP contribution is -2.10. The average molecular weight is 229 g/mol. The Morgan fingerprint density at radius 1 is 1.29 bits per heavy atom. The highest BCUT2D eigenvalue weighted by molar-refractivity contribution is 5.14. The van der Waals surface area contributed by atoms with Gasteiger partial charge in [-0.2, -0.15) is 0 Å². The SMILES string of the molecule is Cn1cnc(C(N)CCCc2ccccc2)c1. The van der Waals surface area contributed by atoms with Crippen molar-refractivity contribution in [3.8, 4) is 0 Å². The summed E-state index contributed by atoms with van der Waals surface area (Å²) in [4.78, 5) is 4.28. The van der Waals surface area contributed by atoms with Gasteiger partial charge in [-0.25, -0.2) is 4.98 Å². The fourth-order valence-corrected chi connectivity index (χ4v) is 1.94. The van der Waals surface area contributed by atoms with Crippen molar-refractivity contribution in [2.24, 2.45) is 12.8 Å². The average Bonchev–Trinajstić information content (AvgIpc) is 2.77. The zero-order valence-corrected chi connectivity index (χ0v) is 10.2. The van der Waals surface area contributed by atoms with Crippen molar-refractivity contribution < 1.29 is 0 Å². The van der Waals surface area contributed by atoms with E-state index in [4.69, 9.17) is 5.73 Å². The second-order valence-corrected chi connectivity index (χ2v) is 4.45. The van der Waals surface area contributed by atoms with Gasteiger partial charge in [0, 0.05) is 19.3 Å². The first-order valence-corrected chi connectivity index (χ1v) is 6.03. The van der Waals surface area contributed by atoms with Gasteiger partial charge in [-0.3, -0.25) is 0 Å². The molecule has 0 aliphatic rings. The summed E-state index contributed by atoms with van der Waals surface area (Å²) < 4.78 is 1.94. The van der Waals surface area contributed by atoms with E-state index in [0.717, 1.165) is 25.0 Å². The first kappa shape index (κ1) is 11.9. The predicted octanol–water partition coefficient (Wildman–Crippen LogP) is 2.44. The second-order valence-electron chi connectivity index (χ2n) is 4.45. The minimum Gasteiger partial charge on any atom is -0.340 e. The van der Waals surface area contributed by atoms with Gasteiger partial charge in [0.15, 0.2) is 0 Å². The topological polar surface area (TPSA) is 43.8 Å². The van der Waals surface area contributed by atoms with E-state index in [9.17, 15) is 0 Å². The Kier molecular flexibility index (Phi) is 3.94. The number of nitrogens with two attached hydrogens (primary N) is 1. The van der Waals surface area contributed by atoms with Gasteiger partial charge in [0.25, 0.3) is 0 Å². The molecule has 0 aliphatic carbocycles. The Hall–Kier alpha value is -1.61. The molecular formula is C14H19N3. The van der Waals surface area contributed by atoms with E-state index < -0.39 is 0 Å². The third-order valence-electron chi connectivity index (χ3n) is 2.93. The maximum Gasteiger partial charge on any atom is 0.0947 e. The lowest BCUT2D eigenvalue weighted by atomic mass is 10.0. The van der Waals surface area contributed by atoms with Crippen molar-refractivity contribution in [3.63, 3.8) is 0 Å². The Morgan fingerprint density at radius 3 is 2.71 bits per heavy atom. The summed E-state index contributed by atoms with van der Waals surface area (Å²) in [7, 11) is 1.97. The molecule has 0 aliphatic heterocycles. The molecule has 0 bridgehead atoms. The van der Waals surface area contributed by atoms with E-state index in [1.165, 1.54) is 5.56 Å². The van der Waals surface area contributed by atoms with Gasteiger partial charge in [-0.05, 0) is 24.8 Å². The first-order valence-electron chi connectivity index (χ1n) is 6.03. The van der Waals surface area contributed by atoms with Crippen molar-refractivity contribution >= 4 is 0 Å². The van der Waals surface area contributed by atoms with Crippen LogP contribution in [0.15, 0.2) is 42.9 Å². The van der Waals surface area contributed by atoms with Crippen LogP contribution in [0.4, 0.5) is 0 Å². The van der Waals surface area contributed by atoms with Gasteiger partial charge in [0.1, 0.15) is 0 Å². The molecular weight excluding hydrogens is 210 g/mol. The quantitative estimate of drug-likeness (QED) is 0.855. The first-order chi connectivity index (χ1) is 8.25. The molecule has 1 atom stereocenters. The second kappa shape index (κ2) is 5.64. The van der Waals surface area contributed by atoms with Crippen LogP contribution in [0.25, 0.3) is 0 Å². The molecule has 0 radical (unpaired) electrons. The molecule has 0 fully saturated rings. The van der Waals surface area contributed by atoms with Gasteiger partial charge in [0.2, 0.25) is 0 Å². The molecule has 90 valence electrons. The summed E-state index contributed by atoms with van der Waals surface area (Å²) in [5, 5.41) is 0. The zero-order chi connectivity index (χ0) is 12.1. The molecule has 2 rings (SSSR count). The number of rotatable bonds is 5. The molecule has 1 aromatic carbocycles. The van der Waals surface area contributed by atoms with Gasteiger partial charge in [-0.1, -0.05) is 30.3 Å². The molecule has 0 amide bonds. The molecule has 1 unspecified atom stereocenters. The lowest BCUT2D eigenvalue weighted by molar-refractivity contribution is 0.599. The Bertz CT molecular complexity index is 448. The fourth-order valence-electron chi connectivity index (χ4n) is 1.94. The molecule has 3 nitrogen and oxygen atoms in total. The normalized spacial score (nSPS) is 12.6. The van der Waals surface area contributed by atoms with Gasteiger partial charge in [-0.15, -0.1) is 0 Å². The van der Waals surface area contributed by atoms with Crippen molar-refractivity contribution in [2.45, 2.75) is 25.3 Å². The van der Waals surface area contributed by atoms with Crippen LogP contribution in [0.2, 0.25) is 0 Å². The fraction of sp³-hybridized carbons (Fsp3) is 0.357. The van der Waals surface area contributed by atoms with Crippen LogP contribution in [0, 0.1) is 0 Å². The molecule has 0 saturated carbocycles. The molecule has 3 heteroatoms. The molecule has 2 N–H and O–H groups in total. The largest absolute Gasteiger partial charge is 0.340 e. The van der Waals surface area contributed by atoms with Gasteiger partial charge >= 0.3 is 0 Å². The van der Waals surface area contributed by atoms with E-state index in [2.05, 4.69) is 29.2 Å². The third kappa shape index (κ3) is 3.43. The van der Waals surface area contributed by atoms with Crippen LogP contribution in [-0.4, -0.2) is 9.55 Å². The maximum atomic E-state index is 6.10. The number of aryl methyl sites for hydroxylation is 2. The Balaban J connectivity index is 1.79. The van der Waals surface area contributed by atoms with Crippen LogP contribution in [-0.2, 0) is 13.5 Å². The number of aromatic nitrogens is 2. The van der Waals surface area contributed by atoms with Crippen LogP contribution < -0.4 is 5.73 Å². The summed E-state index contributed by atoms with van der Waals surface area (Å²) in [5.74, 6) is 0. The van der Waals surface area contributed by atoms with E-state index in [-0.39, 0.29) is 6.04 Å². The number of nitrogens with zero attached hydrogens (tertiary/aromatic N) is 2. The van der Waals surface area contributed by atoms with E-state index in [0.29, 0.717) is 0 Å². The van der Waals surface area contributed by atoms with Crippen LogP contribution in [0.3, 0.4) is 0 Å². The minimum absolute atomic E-state index is 0.0555. The smallest absolute Gasteiger partial charge is 0.0947 e. The molecule has 17 heavy (non-hydrogen) atoms.